The zero-order valence-corrected chi connectivity index (χ0v) is 8.88. The Balaban J connectivity index is 3.16. The smallest absolute Gasteiger partial charge is 0.339 e. The molecule has 6 heteroatoms. The van der Waals surface area contributed by atoms with E-state index in [1.807, 2.05) is 0 Å². The van der Waals surface area contributed by atoms with E-state index in [9.17, 15) is 19.8 Å². The van der Waals surface area contributed by atoms with Crippen LogP contribution in [-0.4, -0.2) is 34.4 Å². The van der Waals surface area contributed by atoms with E-state index in [1.54, 1.807) is 0 Å². The molecule has 0 spiro atoms. The van der Waals surface area contributed by atoms with Crippen molar-refractivity contribution in [2.75, 3.05) is 7.11 Å². The average Bonchev–Trinajstić information content (AvgIpc) is 2.26. The summed E-state index contributed by atoms with van der Waals surface area (Å²) >= 11 is 0. The van der Waals surface area contributed by atoms with Gasteiger partial charge in [-0.15, -0.1) is 0 Å². The van der Waals surface area contributed by atoms with E-state index in [0.29, 0.717) is 0 Å². The third-order valence-corrected chi connectivity index (χ3v) is 1.98. The summed E-state index contributed by atoms with van der Waals surface area (Å²) in [6.07, 6.45) is 2.21. The molecule has 0 atom stereocenters. The first-order valence-electron chi connectivity index (χ1n) is 4.51. The number of aromatic hydroxyl groups is 2. The molecule has 0 bridgehead atoms. The molecule has 17 heavy (non-hydrogen) atoms. The average molecular weight is 238 g/mol. The van der Waals surface area contributed by atoms with Gasteiger partial charge in [-0.05, 0) is 12.1 Å². The second kappa shape index (κ2) is 5.02. The van der Waals surface area contributed by atoms with Crippen molar-refractivity contribution in [1.82, 2.24) is 0 Å². The summed E-state index contributed by atoms with van der Waals surface area (Å²) in [5, 5.41) is 27.4. The predicted molar refractivity (Wildman–Crippen MR) is 57.8 cm³/mol. The number of carbonyl (C=O) groups excluding carboxylic acids is 1. The maximum atomic E-state index is 10.8. The molecule has 0 aliphatic rings. The number of carboxylic acid groups (broad SMARTS) is 1. The van der Waals surface area contributed by atoms with Gasteiger partial charge in [0.15, 0.2) is 0 Å². The molecule has 0 amide bonds. The molecular formula is C11H10O6. The van der Waals surface area contributed by atoms with Gasteiger partial charge in [0.1, 0.15) is 17.1 Å². The molecule has 3 N–H and O–H groups in total. The van der Waals surface area contributed by atoms with Crippen LogP contribution in [0.5, 0.6) is 11.5 Å². The van der Waals surface area contributed by atoms with Crippen LogP contribution in [0.1, 0.15) is 15.9 Å². The van der Waals surface area contributed by atoms with E-state index < -0.39 is 17.7 Å². The molecule has 0 saturated heterocycles. The van der Waals surface area contributed by atoms with Crippen molar-refractivity contribution in [3.8, 4) is 11.5 Å². The molecule has 1 aromatic rings. The highest BCUT2D eigenvalue weighted by Gasteiger charge is 2.12. The second-order valence-corrected chi connectivity index (χ2v) is 3.09. The third kappa shape index (κ3) is 2.97. The first-order chi connectivity index (χ1) is 7.95. The Morgan fingerprint density at radius 3 is 2.41 bits per heavy atom. The zero-order valence-electron chi connectivity index (χ0n) is 8.88. The van der Waals surface area contributed by atoms with Crippen LogP contribution < -0.4 is 0 Å². The van der Waals surface area contributed by atoms with Crippen LogP contribution >= 0.6 is 0 Å². The van der Waals surface area contributed by atoms with Crippen molar-refractivity contribution in [3.05, 3.63) is 29.3 Å². The molecule has 0 heterocycles. The van der Waals surface area contributed by atoms with E-state index in [4.69, 9.17) is 5.11 Å². The fourth-order valence-electron chi connectivity index (χ4n) is 1.12. The highest BCUT2D eigenvalue weighted by molar-refractivity contribution is 5.93. The highest BCUT2D eigenvalue weighted by atomic mass is 16.5. The number of aromatic carboxylic acids is 1. The summed E-state index contributed by atoms with van der Waals surface area (Å²) in [5.41, 5.74) is -0.280. The number of esters is 1. The Morgan fingerprint density at radius 1 is 1.24 bits per heavy atom. The maximum Gasteiger partial charge on any atom is 0.339 e. The normalized spacial score (nSPS) is 10.4. The van der Waals surface area contributed by atoms with Gasteiger partial charge in [-0.2, -0.15) is 0 Å². The number of benzene rings is 1. The van der Waals surface area contributed by atoms with Gasteiger partial charge in [-0.1, -0.05) is 0 Å². The molecule has 0 aliphatic heterocycles. The molecule has 0 radical (unpaired) electrons. The van der Waals surface area contributed by atoms with Gasteiger partial charge in [0.25, 0.3) is 0 Å². The Labute approximate surface area is 96.4 Å². The Morgan fingerprint density at radius 2 is 1.88 bits per heavy atom. The summed E-state index contributed by atoms with van der Waals surface area (Å²) < 4.78 is 4.34. The van der Waals surface area contributed by atoms with Crippen molar-refractivity contribution in [1.29, 1.82) is 0 Å². The van der Waals surface area contributed by atoms with Crippen LogP contribution in [0, 0.1) is 0 Å². The van der Waals surface area contributed by atoms with Crippen LogP contribution in [0.3, 0.4) is 0 Å². The summed E-state index contributed by atoms with van der Waals surface area (Å²) in [6.45, 7) is 0. The van der Waals surface area contributed by atoms with Crippen LogP contribution in [0.15, 0.2) is 18.2 Å². The number of carbonyl (C=O) groups is 2. The van der Waals surface area contributed by atoms with Crippen molar-refractivity contribution >= 4 is 18.0 Å². The topological polar surface area (TPSA) is 104 Å². The molecular weight excluding hydrogens is 228 g/mol. The maximum absolute atomic E-state index is 10.8. The number of rotatable bonds is 3. The number of hydrogen-bond acceptors (Lipinski definition) is 5. The van der Waals surface area contributed by atoms with E-state index in [2.05, 4.69) is 4.74 Å². The van der Waals surface area contributed by atoms with E-state index >= 15 is 0 Å². The first-order valence-corrected chi connectivity index (χ1v) is 4.51. The number of methoxy groups -OCH3 is 1. The minimum absolute atomic E-state index is 0.0885. The predicted octanol–water partition coefficient (Wildman–Crippen LogP) is 0.982. The summed E-state index contributed by atoms with van der Waals surface area (Å²) in [6, 6.07) is 1.94. The molecule has 0 aliphatic carbocycles. The van der Waals surface area contributed by atoms with Gasteiger partial charge < -0.3 is 20.1 Å². The largest absolute Gasteiger partial charge is 0.507 e. The number of phenols is 2. The number of phenolic OH excluding ortho intramolecular Hbond substituents is 1. The highest BCUT2D eigenvalue weighted by Crippen LogP contribution is 2.28. The van der Waals surface area contributed by atoms with Gasteiger partial charge in [-0.25, -0.2) is 9.59 Å². The number of hydrogen-bond donors (Lipinski definition) is 3. The van der Waals surface area contributed by atoms with Gasteiger partial charge in [0, 0.05) is 17.7 Å². The van der Waals surface area contributed by atoms with Crippen molar-refractivity contribution in [3.63, 3.8) is 0 Å². The number of carboxylic acids is 1. The first kappa shape index (κ1) is 12.6. The van der Waals surface area contributed by atoms with Gasteiger partial charge in [0.2, 0.25) is 0 Å². The van der Waals surface area contributed by atoms with E-state index in [-0.39, 0.29) is 16.9 Å². The monoisotopic (exact) mass is 238 g/mol. The summed E-state index contributed by atoms with van der Waals surface area (Å²) in [4.78, 5) is 21.5. The molecule has 0 aromatic heterocycles. The van der Waals surface area contributed by atoms with Gasteiger partial charge in [0.05, 0.1) is 7.11 Å². The van der Waals surface area contributed by atoms with Crippen molar-refractivity contribution in [2.24, 2.45) is 0 Å². The molecule has 1 rings (SSSR count). The summed E-state index contributed by atoms with van der Waals surface area (Å²) in [5.74, 6) is -2.87. The van der Waals surface area contributed by atoms with E-state index in [1.165, 1.54) is 13.2 Å². The van der Waals surface area contributed by atoms with Gasteiger partial charge in [-0.3, -0.25) is 0 Å². The Bertz CT molecular complexity index is 489. The Hall–Kier alpha value is -2.50. The van der Waals surface area contributed by atoms with Crippen molar-refractivity contribution < 1.29 is 29.6 Å². The molecule has 90 valence electrons. The fraction of sp³-hybridized carbons (Fsp3) is 0.0909. The van der Waals surface area contributed by atoms with Crippen LogP contribution in [0.25, 0.3) is 6.08 Å². The second-order valence-electron chi connectivity index (χ2n) is 3.09. The van der Waals surface area contributed by atoms with E-state index in [0.717, 1.165) is 18.2 Å². The lowest BCUT2D eigenvalue weighted by molar-refractivity contribution is -0.134. The van der Waals surface area contributed by atoms with Gasteiger partial charge >= 0.3 is 11.9 Å². The molecule has 0 unspecified atom stereocenters. The fourth-order valence-corrected chi connectivity index (χ4v) is 1.12. The number of ether oxygens (including phenoxy) is 1. The van der Waals surface area contributed by atoms with Crippen LogP contribution in [0.2, 0.25) is 0 Å². The molecule has 0 fully saturated rings. The van der Waals surface area contributed by atoms with Crippen LogP contribution in [-0.2, 0) is 9.53 Å². The SMILES string of the molecule is COC(=O)C=Cc1cc(C(=O)O)c(O)cc1O. The Kier molecular flexibility index (Phi) is 3.71. The quantitative estimate of drug-likeness (QED) is 0.535. The molecule has 1 aromatic carbocycles. The molecule has 6 nitrogen and oxygen atoms in total. The standard InChI is InChI=1S/C11H10O6/c1-17-10(14)3-2-6-4-7(11(15)16)9(13)5-8(6)12/h2-5,12-13H,1H3,(H,15,16). The lowest BCUT2D eigenvalue weighted by atomic mass is 10.1. The lowest BCUT2D eigenvalue weighted by Crippen LogP contribution is -1.98. The third-order valence-electron chi connectivity index (χ3n) is 1.98. The minimum atomic E-state index is -1.34. The zero-order chi connectivity index (χ0) is 13.0. The summed E-state index contributed by atoms with van der Waals surface area (Å²) in [7, 11) is 1.19. The minimum Gasteiger partial charge on any atom is -0.507 e. The van der Waals surface area contributed by atoms with Crippen LogP contribution in [0.4, 0.5) is 0 Å². The molecule has 0 saturated carbocycles. The van der Waals surface area contributed by atoms with Crippen molar-refractivity contribution in [2.45, 2.75) is 0 Å². The lowest BCUT2D eigenvalue weighted by Gasteiger charge is -2.04.